The van der Waals surface area contributed by atoms with Crippen molar-refractivity contribution in [2.75, 3.05) is 0 Å². The zero-order chi connectivity index (χ0) is 21.7. The van der Waals surface area contributed by atoms with Crippen molar-refractivity contribution in [1.82, 2.24) is 10.0 Å². The van der Waals surface area contributed by atoms with Crippen LogP contribution in [-0.2, 0) is 22.3 Å². The van der Waals surface area contributed by atoms with Crippen LogP contribution in [0.15, 0.2) is 65.1 Å². The molecule has 0 atom stereocenters. The van der Waals surface area contributed by atoms with Crippen LogP contribution in [0.1, 0.15) is 35.5 Å². The molecule has 0 saturated heterocycles. The lowest BCUT2D eigenvalue weighted by molar-refractivity contribution is 0.0924. The maximum atomic E-state index is 12.4. The number of rotatable bonds is 8. The van der Waals surface area contributed by atoms with Gasteiger partial charge in [0, 0.05) is 18.2 Å². The molecular weight excluding hydrogens is 424 g/mol. The Morgan fingerprint density at radius 1 is 1.00 bits per heavy atom. The maximum Gasteiger partial charge on any atom is 0.287 e. The van der Waals surface area contributed by atoms with Crippen molar-refractivity contribution < 1.29 is 17.6 Å². The van der Waals surface area contributed by atoms with E-state index < -0.39 is 10.0 Å². The number of hydrogen-bond acceptors (Lipinski definition) is 4. The first-order valence-electron chi connectivity index (χ1n) is 9.44. The fourth-order valence-corrected chi connectivity index (χ4v) is 4.57. The smallest absolute Gasteiger partial charge is 0.287 e. The van der Waals surface area contributed by atoms with Crippen LogP contribution in [0.25, 0.3) is 11.3 Å². The molecule has 0 aliphatic heterocycles. The number of carbonyl (C=O) groups excluding carboxylic acids is 1. The summed E-state index contributed by atoms with van der Waals surface area (Å²) in [5.74, 6) is 0.273. The van der Waals surface area contributed by atoms with Crippen molar-refractivity contribution in [1.29, 1.82) is 0 Å². The monoisotopic (exact) mass is 446 g/mol. The molecule has 1 heterocycles. The van der Waals surface area contributed by atoms with E-state index in [0.717, 1.165) is 11.1 Å². The van der Waals surface area contributed by atoms with Gasteiger partial charge in [-0.2, -0.15) is 0 Å². The highest BCUT2D eigenvalue weighted by molar-refractivity contribution is 7.88. The molecule has 3 rings (SSSR count). The molecule has 1 amide bonds. The maximum absolute atomic E-state index is 12.4. The first kappa shape index (κ1) is 22.1. The lowest BCUT2D eigenvalue weighted by Crippen LogP contribution is -2.31. The molecule has 2 N–H and O–H groups in total. The van der Waals surface area contributed by atoms with Gasteiger partial charge in [0.05, 0.1) is 10.8 Å². The van der Waals surface area contributed by atoms with Gasteiger partial charge in [0.15, 0.2) is 5.76 Å². The third-order valence-corrected chi connectivity index (χ3v) is 6.09. The van der Waals surface area contributed by atoms with E-state index in [4.69, 9.17) is 16.0 Å². The molecule has 0 aliphatic rings. The summed E-state index contributed by atoms with van der Waals surface area (Å²) in [6, 6.07) is 17.5. The second kappa shape index (κ2) is 9.47. The normalized spacial score (nSPS) is 11.6. The van der Waals surface area contributed by atoms with Gasteiger partial charge in [0.25, 0.3) is 5.91 Å². The van der Waals surface area contributed by atoms with Crippen LogP contribution in [0.2, 0.25) is 5.02 Å². The van der Waals surface area contributed by atoms with E-state index in [9.17, 15) is 13.2 Å². The van der Waals surface area contributed by atoms with E-state index in [1.54, 1.807) is 56.3 Å². The molecule has 0 spiro atoms. The lowest BCUT2D eigenvalue weighted by Gasteiger charge is -2.10. The standard InChI is InChI=1S/C22H23ClN2O4S/c1-15(2)25-30(27,28)14-17-9-7-16(8-10-17)13-24-22(26)21-12-11-20(29-21)18-5-3-4-6-19(18)23/h3-12,15,25H,13-14H2,1-2H3,(H,24,26). The average molecular weight is 447 g/mol. The zero-order valence-corrected chi connectivity index (χ0v) is 18.3. The highest BCUT2D eigenvalue weighted by Gasteiger charge is 2.15. The lowest BCUT2D eigenvalue weighted by atomic mass is 10.1. The Kier molecular flexibility index (Phi) is 6.97. The van der Waals surface area contributed by atoms with Crippen LogP contribution >= 0.6 is 11.6 Å². The Morgan fingerprint density at radius 3 is 2.33 bits per heavy atom. The minimum atomic E-state index is -3.37. The van der Waals surface area contributed by atoms with E-state index in [2.05, 4.69) is 10.0 Å². The van der Waals surface area contributed by atoms with E-state index in [0.29, 0.717) is 16.3 Å². The first-order valence-corrected chi connectivity index (χ1v) is 11.5. The Labute approximate surface area is 181 Å². The number of nitrogens with one attached hydrogen (secondary N) is 2. The fraction of sp³-hybridized carbons (Fsp3) is 0.227. The molecule has 0 radical (unpaired) electrons. The van der Waals surface area contributed by atoms with Crippen LogP contribution in [0.4, 0.5) is 0 Å². The molecule has 0 unspecified atom stereocenters. The van der Waals surface area contributed by atoms with E-state index in [1.807, 2.05) is 18.2 Å². The minimum Gasteiger partial charge on any atom is -0.451 e. The van der Waals surface area contributed by atoms with Crippen LogP contribution in [0, 0.1) is 0 Å². The summed E-state index contributed by atoms with van der Waals surface area (Å²) in [4.78, 5) is 12.4. The van der Waals surface area contributed by atoms with E-state index in [-0.39, 0.29) is 30.0 Å². The van der Waals surface area contributed by atoms with Crippen LogP contribution in [-0.4, -0.2) is 20.4 Å². The van der Waals surface area contributed by atoms with Crippen molar-refractivity contribution in [3.05, 3.63) is 82.6 Å². The molecule has 0 bridgehead atoms. The topological polar surface area (TPSA) is 88.4 Å². The summed E-state index contributed by atoms with van der Waals surface area (Å²) in [7, 11) is -3.37. The molecule has 1 aromatic heterocycles. The van der Waals surface area contributed by atoms with Gasteiger partial charge < -0.3 is 9.73 Å². The van der Waals surface area contributed by atoms with Gasteiger partial charge in [-0.05, 0) is 49.2 Å². The van der Waals surface area contributed by atoms with Gasteiger partial charge in [0.2, 0.25) is 10.0 Å². The van der Waals surface area contributed by atoms with Crippen molar-refractivity contribution in [3.8, 4) is 11.3 Å². The van der Waals surface area contributed by atoms with Crippen molar-refractivity contribution in [3.63, 3.8) is 0 Å². The molecule has 0 aliphatic carbocycles. The van der Waals surface area contributed by atoms with Crippen molar-refractivity contribution >= 4 is 27.5 Å². The van der Waals surface area contributed by atoms with Crippen molar-refractivity contribution in [2.24, 2.45) is 0 Å². The second-order valence-corrected chi connectivity index (χ2v) is 9.34. The number of sulfonamides is 1. The largest absolute Gasteiger partial charge is 0.451 e. The summed E-state index contributed by atoms with van der Waals surface area (Å²) in [5, 5.41) is 3.34. The Balaban J connectivity index is 1.58. The Hall–Kier alpha value is -2.61. The van der Waals surface area contributed by atoms with E-state index in [1.165, 1.54) is 0 Å². The molecule has 0 fully saturated rings. The second-order valence-electron chi connectivity index (χ2n) is 7.17. The number of carbonyl (C=O) groups is 1. The third-order valence-electron chi connectivity index (χ3n) is 4.22. The predicted octanol–water partition coefficient (Wildman–Crippen LogP) is 4.36. The molecule has 30 heavy (non-hydrogen) atoms. The number of furan rings is 1. The van der Waals surface area contributed by atoms with Gasteiger partial charge in [-0.3, -0.25) is 4.79 Å². The predicted molar refractivity (Wildman–Crippen MR) is 118 cm³/mol. The van der Waals surface area contributed by atoms with Crippen LogP contribution in [0.3, 0.4) is 0 Å². The summed E-state index contributed by atoms with van der Waals surface area (Å²) in [5.41, 5.74) is 2.24. The molecule has 6 nitrogen and oxygen atoms in total. The number of benzene rings is 2. The number of hydrogen-bond donors (Lipinski definition) is 2. The number of amides is 1. The summed E-state index contributed by atoms with van der Waals surface area (Å²) < 4.78 is 32.2. The molecule has 158 valence electrons. The van der Waals surface area contributed by atoms with Crippen LogP contribution in [0.5, 0.6) is 0 Å². The van der Waals surface area contributed by atoms with Gasteiger partial charge in [0.1, 0.15) is 5.76 Å². The first-order chi connectivity index (χ1) is 14.2. The fourth-order valence-electron chi connectivity index (χ4n) is 2.91. The molecular formula is C22H23ClN2O4S. The highest BCUT2D eigenvalue weighted by atomic mass is 35.5. The minimum absolute atomic E-state index is 0.0883. The summed E-state index contributed by atoms with van der Waals surface area (Å²) in [6.07, 6.45) is 0. The summed E-state index contributed by atoms with van der Waals surface area (Å²) in [6.45, 7) is 3.84. The summed E-state index contributed by atoms with van der Waals surface area (Å²) >= 11 is 6.16. The highest BCUT2D eigenvalue weighted by Crippen LogP contribution is 2.29. The zero-order valence-electron chi connectivity index (χ0n) is 16.7. The average Bonchev–Trinajstić information content (AvgIpc) is 3.16. The van der Waals surface area contributed by atoms with Gasteiger partial charge in [-0.25, -0.2) is 13.1 Å². The van der Waals surface area contributed by atoms with Gasteiger partial charge in [-0.15, -0.1) is 0 Å². The SMILES string of the molecule is CC(C)NS(=O)(=O)Cc1ccc(CNC(=O)c2ccc(-c3ccccc3Cl)o2)cc1. The van der Waals surface area contributed by atoms with Gasteiger partial charge >= 0.3 is 0 Å². The molecule has 2 aromatic carbocycles. The Morgan fingerprint density at radius 2 is 1.67 bits per heavy atom. The third kappa shape index (κ3) is 5.95. The van der Waals surface area contributed by atoms with Gasteiger partial charge in [-0.1, -0.05) is 48.0 Å². The molecule has 0 saturated carbocycles. The number of halogens is 1. The quantitative estimate of drug-likeness (QED) is 0.538. The van der Waals surface area contributed by atoms with Crippen LogP contribution < -0.4 is 10.0 Å². The van der Waals surface area contributed by atoms with Crippen molar-refractivity contribution in [2.45, 2.75) is 32.2 Å². The molecule has 3 aromatic rings. The van der Waals surface area contributed by atoms with E-state index >= 15 is 0 Å². The Bertz CT molecular complexity index is 1120. The molecule has 8 heteroatoms.